The lowest BCUT2D eigenvalue weighted by Crippen LogP contribution is -2.03. The van der Waals surface area contributed by atoms with E-state index >= 15 is 0 Å². The number of hydrogen-bond donors (Lipinski definition) is 2. The number of aromatic hydroxyl groups is 1. The molecule has 26 heavy (non-hydrogen) atoms. The van der Waals surface area contributed by atoms with Crippen molar-refractivity contribution in [1.29, 1.82) is 0 Å². The van der Waals surface area contributed by atoms with Crippen LogP contribution in [0.3, 0.4) is 0 Å². The zero-order valence-electron chi connectivity index (χ0n) is 15.0. The highest BCUT2D eigenvalue weighted by Crippen LogP contribution is 2.28. The minimum absolute atomic E-state index is 0.110. The van der Waals surface area contributed by atoms with E-state index in [0.717, 1.165) is 12.8 Å². The summed E-state index contributed by atoms with van der Waals surface area (Å²) in [7, 11) is 1.43. The molecule has 0 spiro atoms. The summed E-state index contributed by atoms with van der Waals surface area (Å²) in [5.41, 5.74) is -0.561. The molecule has 0 amide bonds. The maximum absolute atomic E-state index is 10.6. The molecule has 0 bridgehead atoms. The molecule has 0 aliphatic rings. The third-order valence-electron chi connectivity index (χ3n) is 3.20. The number of hydrogen-bond acceptors (Lipinski definition) is 7. The molecular formula is C17H23N3O6. The number of H-pyrrole nitrogens is 1. The van der Waals surface area contributed by atoms with Gasteiger partial charge < -0.3 is 19.6 Å². The number of methoxy groups -OCH3 is 1. The Morgan fingerprint density at radius 1 is 1.42 bits per heavy atom. The first-order valence-corrected chi connectivity index (χ1v) is 8.03. The largest absolute Gasteiger partial charge is 0.503 e. The van der Waals surface area contributed by atoms with E-state index in [1.807, 2.05) is 0 Å². The van der Waals surface area contributed by atoms with Crippen LogP contribution < -0.4 is 15.0 Å². The maximum atomic E-state index is 10.6. The zero-order chi connectivity index (χ0) is 19.5. The number of aromatic nitrogens is 2. The summed E-state index contributed by atoms with van der Waals surface area (Å²) in [6.45, 7) is 4.81. The van der Waals surface area contributed by atoms with Crippen molar-refractivity contribution < 1.29 is 19.5 Å². The van der Waals surface area contributed by atoms with Gasteiger partial charge in [0.25, 0.3) is 17.1 Å². The Labute approximate surface area is 150 Å². The molecule has 9 nitrogen and oxygen atoms in total. The normalized spacial score (nSPS) is 10.0. The number of aromatic amines is 1. The molecule has 0 aromatic carbocycles. The lowest BCUT2D eigenvalue weighted by atomic mass is 10.1. The molecule has 2 heterocycles. The molecule has 2 rings (SSSR count). The predicted octanol–water partition coefficient (Wildman–Crippen LogP) is 2.89. The summed E-state index contributed by atoms with van der Waals surface area (Å²) in [5, 5.41) is 19.2. The topological polar surface area (TPSA) is 128 Å². The van der Waals surface area contributed by atoms with Crippen molar-refractivity contribution in [2.45, 2.75) is 26.7 Å². The molecule has 9 heteroatoms. The maximum Gasteiger partial charge on any atom is 0.291 e. The molecule has 2 aromatic rings. The molecular weight excluding hydrogens is 342 g/mol. The summed E-state index contributed by atoms with van der Waals surface area (Å²) in [5.74, 6) is 0.966. The summed E-state index contributed by atoms with van der Waals surface area (Å²) in [6, 6.07) is 4.19. The molecule has 0 unspecified atom stereocenters. The monoisotopic (exact) mass is 365 g/mol. The first-order chi connectivity index (χ1) is 12.3. The fourth-order valence-corrected chi connectivity index (χ4v) is 1.85. The van der Waals surface area contributed by atoms with E-state index in [1.165, 1.54) is 31.6 Å². The molecule has 0 radical (unpaired) electrons. The van der Waals surface area contributed by atoms with Crippen LogP contribution in [0, 0.1) is 16.0 Å². The van der Waals surface area contributed by atoms with Crippen molar-refractivity contribution in [3.05, 3.63) is 51.1 Å². The molecule has 0 aliphatic heterocycles. The summed E-state index contributed by atoms with van der Waals surface area (Å²) in [6.07, 6.45) is 4.61. The molecule has 0 fully saturated rings. The van der Waals surface area contributed by atoms with E-state index in [-0.39, 0.29) is 17.2 Å². The van der Waals surface area contributed by atoms with Gasteiger partial charge in [-0.15, -0.1) is 0 Å². The van der Waals surface area contributed by atoms with Gasteiger partial charge in [-0.25, -0.2) is 4.98 Å². The van der Waals surface area contributed by atoms with E-state index in [4.69, 9.17) is 14.6 Å². The number of nitro groups is 1. The second-order valence-electron chi connectivity index (χ2n) is 5.73. The molecule has 2 N–H and O–H groups in total. The van der Waals surface area contributed by atoms with Crippen molar-refractivity contribution in [3.63, 3.8) is 0 Å². The van der Waals surface area contributed by atoms with E-state index in [1.54, 1.807) is 6.07 Å². The fourth-order valence-electron chi connectivity index (χ4n) is 1.85. The summed E-state index contributed by atoms with van der Waals surface area (Å²) >= 11 is 0. The van der Waals surface area contributed by atoms with Crippen molar-refractivity contribution in [3.8, 4) is 17.4 Å². The van der Waals surface area contributed by atoms with Gasteiger partial charge in [0.1, 0.15) is 6.20 Å². The van der Waals surface area contributed by atoms with Gasteiger partial charge in [-0.1, -0.05) is 13.8 Å². The van der Waals surface area contributed by atoms with E-state index < -0.39 is 10.5 Å². The smallest absolute Gasteiger partial charge is 0.291 e. The molecule has 0 saturated heterocycles. The number of ether oxygens (including phenoxy) is 2. The Kier molecular flexibility index (Phi) is 8.62. The molecule has 142 valence electrons. The number of nitrogens with one attached hydrogen (secondary N) is 1. The minimum atomic E-state index is -0.516. The first kappa shape index (κ1) is 20.9. The van der Waals surface area contributed by atoms with Crippen LogP contribution in [0.1, 0.15) is 26.7 Å². The second kappa shape index (κ2) is 10.7. The van der Waals surface area contributed by atoms with E-state index in [2.05, 4.69) is 23.8 Å². The average Bonchev–Trinajstić information content (AvgIpc) is 2.61. The lowest BCUT2D eigenvalue weighted by molar-refractivity contribution is -0.385. The van der Waals surface area contributed by atoms with Crippen LogP contribution in [0.4, 0.5) is 5.69 Å². The van der Waals surface area contributed by atoms with Gasteiger partial charge in [0.15, 0.2) is 11.5 Å². The highest BCUT2D eigenvalue weighted by molar-refractivity contribution is 5.42. The molecule has 0 saturated carbocycles. The van der Waals surface area contributed by atoms with Gasteiger partial charge in [0.2, 0.25) is 0 Å². The summed E-state index contributed by atoms with van der Waals surface area (Å²) in [4.78, 5) is 26.6. The van der Waals surface area contributed by atoms with Gasteiger partial charge in [-0.05, 0) is 30.9 Å². The van der Waals surface area contributed by atoms with Crippen molar-refractivity contribution in [1.82, 2.24) is 9.97 Å². The fraction of sp³-hybridized carbons (Fsp3) is 0.412. The van der Waals surface area contributed by atoms with Crippen molar-refractivity contribution >= 4 is 5.69 Å². The molecule has 0 atom stereocenters. The SMILES string of the molecule is COc1cc([N+](=O)[O-])cnc1OCCCC(C)C.O=c1[nH]cccc1O. The molecule has 2 aromatic heterocycles. The first-order valence-electron chi connectivity index (χ1n) is 8.03. The van der Waals surface area contributed by atoms with Gasteiger partial charge in [0.05, 0.1) is 24.7 Å². The van der Waals surface area contributed by atoms with Gasteiger partial charge >= 0.3 is 0 Å². The Bertz CT molecular complexity index is 760. The standard InChI is InChI=1S/C12H18N2O4.C5H5NO2/c1-9(2)5-4-6-18-12-11(17-3)7-10(8-13-12)14(15)16;7-4-2-1-3-6-5(4)8/h7-9H,4-6H2,1-3H3;1-3,7H,(H,6,8). The third-order valence-corrected chi connectivity index (χ3v) is 3.20. The van der Waals surface area contributed by atoms with Crippen LogP contribution in [0.5, 0.6) is 17.4 Å². The third kappa shape index (κ3) is 7.20. The summed E-state index contributed by atoms with van der Waals surface area (Å²) < 4.78 is 10.5. The van der Waals surface area contributed by atoms with E-state index in [0.29, 0.717) is 18.4 Å². The minimum Gasteiger partial charge on any atom is -0.503 e. The Balaban J connectivity index is 0.000000350. The Morgan fingerprint density at radius 2 is 2.15 bits per heavy atom. The quantitative estimate of drug-likeness (QED) is 0.438. The average molecular weight is 365 g/mol. The van der Waals surface area contributed by atoms with Crippen LogP contribution in [0.15, 0.2) is 35.4 Å². The zero-order valence-corrected chi connectivity index (χ0v) is 15.0. The van der Waals surface area contributed by atoms with E-state index in [9.17, 15) is 14.9 Å². The predicted molar refractivity (Wildman–Crippen MR) is 95.7 cm³/mol. The van der Waals surface area contributed by atoms with Gasteiger partial charge in [-0.2, -0.15) is 0 Å². The van der Waals surface area contributed by atoms with Crippen LogP contribution in [-0.2, 0) is 0 Å². The van der Waals surface area contributed by atoms with Crippen LogP contribution in [0.25, 0.3) is 0 Å². The number of pyridine rings is 2. The van der Waals surface area contributed by atoms with Crippen LogP contribution in [-0.4, -0.2) is 33.7 Å². The lowest BCUT2D eigenvalue weighted by Gasteiger charge is -2.09. The Hall–Kier alpha value is -3.10. The second-order valence-corrected chi connectivity index (χ2v) is 5.73. The highest BCUT2D eigenvalue weighted by Gasteiger charge is 2.13. The van der Waals surface area contributed by atoms with Crippen molar-refractivity contribution in [2.75, 3.05) is 13.7 Å². The Morgan fingerprint density at radius 3 is 2.65 bits per heavy atom. The van der Waals surface area contributed by atoms with Gasteiger partial charge in [0, 0.05) is 6.20 Å². The highest BCUT2D eigenvalue weighted by atomic mass is 16.6. The van der Waals surface area contributed by atoms with Crippen LogP contribution in [0.2, 0.25) is 0 Å². The van der Waals surface area contributed by atoms with Crippen molar-refractivity contribution in [2.24, 2.45) is 5.92 Å². The van der Waals surface area contributed by atoms with Crippen LogP contribution >= 0.6 is 0 Å². The number of nitrogens with zero attached hydrogens (tertiary/aromatic N) is 2. The van der Waals surface area contributed by atoms with Gasteiger partial charge in [-0.3, -0.25) is 14.9 Å². The number of rotatable bonds is 7. The molecule has 0 aliphatic carbocycles.